The number of amides is 1. The number of piperazine rings is 1. The summed E-state index contributed by atoms with van der Waals surface area (Å²) >= 11 is 0. The largest absolute Gasteiger partial charge is 0.398 e. The predicted octanol–water partition coefficient (Wildman–Crippen LogP) is 3.88. The molecule has 2 aromatic heterocycles. The van der Waals surface area contributed by atoms with Gasteiger partial charge in [0.25, 0.3) is 5.91 Å². The molecule has 3 aromatic carbocycles. The van der Waals surface area contributed by atoms with E-state index in [1.54, 1.807) is 27.7 Å². The number of rotatable bonds is 12. The average molecular weight is 701 g/mol. The molecule has 0 spiro atoms. The number of nitrogens with two attached hydrogens (primary N) is 1. The van der Waals surface area contributed by atoms with Gasteiger partial charge < -0.3 is 26.0 Å². The predicted molar refractivity (Wildman–Crippen MR) is 190 cm³/mol. The third-order valence-electron chi connectivity index (χ3n) is 9.73. The van der Waals surface area contributed by atoms with E-state index in [2.05, 4.69) is 30.3 Å². The van der Waals surface area contributed by atoms with Crippen molar-refractivity contribution in [1.82, 2.24) is 34.4 Å². The molecule has 51 heavy (non-hydrogen) atoms. The molecule has 0 aliphatic carbocycles. The van der Waals surface area contributed by atoms with Crippen LogP contribution in [0.2, 0.25) is 0 Å². The maximum Gasteiger partial charge on any atom is 0.350 e. The van der Waals surface area contributed by atoms with E-state index in [4.69, 9.17) is 5.73 Å². The molecule has 0 radical (unpaired) electrons. The molecule has 0 unspecified atom stereocenters. The van der Waals surface area contributed by atoms with Crippen LogP contribution in [0.15, 0.2) is 84.4 Å². The summed E-state index contributed by atoms with van der Waals surface area (Å²) in [6.45, 7) is 8.14. The Morgan fingerprint density at radius 1 is 0.922 bits per heavy atom. The van der Waals surface area contributed by atoms with E-state index in [1.165, 1.54) is 24.3 Å². The number of aliphatic hydroxyl groups is 1. The molecule has 0 saturated carbocycles. The molecule has 268 valence electrons. The third-order valence-corrected chi connectivity index (χ3v) is 9.73. The van der Waals surface area contributed by atoms with Crippen LogP contribution >= 0.6 is 0 Å². The van der Waals surface area contributed by atoms with Gasteiger partial charge in [0, 0.05) is 54.9 Å². The number of halogens is 2. The van der Waals surface area contributed by atoms with Crippen molar-refractivity contribution in [1.29, 1.82) is 0 Å². The molecule has 1 fully saturated rings. The first-order valence-corrected chi connectivity index (χ1v) is 17.0. The fourth-order valence-electron chi connectivity index (χ4n) is 6.61. The van der Waals surface area contributed by atoms with Crippen molar-refractivity contribution in [3.8, 4) is 5.69 Å². The van der Waals surface area contributed by atoms with E-state index in [0.717, 1.165) is 42.0 Å². The van der Waals surface area contributed by atoms with Gasteiger partial charge in [-0.15, -0.1) is 0 Å². The SMILES string of the molecule is CCC(CC)n1ncn(-c2ccc(N3CCN(c4ccc(N)c(C(=O)N[C@H](C)[C@](O)(Cn5cncn5)c5ccc(F)cc5F)c4)CC3)cc2)c1=O. The second kappa shape index (κ2) is 14.7. The lowest BCUT2D eigenvalue weighted by atomic mass is 9.86. The summed E-state index contributed by atoms with van der Waals surface area (Å²) < 4.78 is 33.2. The molecule has 0 bridgehead atoms. The molecule has 1 amide bonds. The third kappa shape index (κ3) is 7.20. The molecule has 15 heteroatoms. The van der Waals surface area contributed by atoms with Crippen LogP contribution in [0.4, 0.5) is 25.8 Å². The Kier molecular flexibility index (Phi) is 10.2. The molecular formula is C36H42F2N10O3. The first-order valence-electron chi connectivity index (χ1n) is 17.0. The number of anilines is 3. The zero-order valence-electron chi connectivity index (χ0n) is 28.8. The number of nitrogen functional groups attached to an aromatic ring is 1. The number of carbonyl (C=O) groups excluding carboxylic acids is 1. The first kappa shape index (κ1) is 35.3. The van der Waals surface area contributed by atoms with E-state index in [0.29, 0.717) is 32.2 Å². The van der Waals surface area contributed by atoms with Gasteiger partial charge in [0.15, 0.2) is 0 Å². The molecule has 1 aliphatic heterocycles. The molecule has 2 atom stereocenters. The van der Waals surface area contributed by atoms with Crippen LogP contribution < -0.4 is 26.5 Å². The van der Waals surface area contributed by atoms with E-state index in [-0.39, 0.29) is 35.1 Å². The fraction of sp³-hybridized carbons (Fsp3) is 0.361. The Labute approximate surface area is 293 Å². The smallest absolute Gasteiger partial charge is 0.350 e. The summed E-state index contributed by atoms with van der Waals surface area (Å²) in [5, 5.41) is 23.0. The topological polar surface area (TPSA) is 152 Å². The number of nitrogens with zero attached hydrogens (tertiary/aromatic N) is 8. The van der Waals surface area contributed by atoms with Gasteiger partial charge in [0.05, 0.1) is 29.9 Å². The first-order chi connectivity index (χ1) is 24.5. The summed E-state index contributed by atoms with van der Waals surface area (Å²) in [5.41, 5.74) is 6.89. The minimum Gasteiger partial charge on any atom is -0.398 e. The van der Waals surface area contributed by atoms with Crippen LogP contribution in [0.25, 0.3) is 5.69 Å². The van der Waals surface area contributed by atoms with Gasteiger partial charge in [-0.1, -0.05) is 19.9 Å². The van der Waals surface area contributed by atoms with Crippen LogP contribution in [0.5, 0.6) is 0 Å². The molecule has 3 heterocycles. The highest BCUT2D eigenvalue weighted by Gasteiger charge is 2.40. The molecule has 13 nitrogen and oxygen atoms in total. The lowest BCUT2D eigenvalue weighted by Gasteiger charge is -2.37. The van der Waals surface area contributed by atoms with E-state index in [1.807, 2.05) is 44.2 Å². The minimum absolute atomic E-state index is 0.0688. The quantitative estimate of drug-likeness (QED) is 0.165. The number of carbonyl (C=O) groups is 1. The van der Waals surface area contributed by atoms with Gasteiger partial charge in [0.2, 0.25) is 0 Å². The van der Waals surface area contributed by atoms with E-state index < -0.39 is 29.2 Å². The van der Waals surface area contributed by atoms with Crippen LogP contribution in [-0.2, 0) is 12.1 Å². The Morgan fingerprint density at radius 3 is 2.20 bits per heavy atom. The van der Waals surface area contributed by atoms with Crippen LogP contribution in [0, 0.1) is 11.6 Å². The highest BCUT2D eigenvalue weighted by molar-refractivity contribution is 6.00. The van der Waals surface area contributed by atoms with Crippen molar-refractivity contribution < 1.29 is 18.7 Å². The van der Waals surface area contributed by atoms with Crippen molar-refractivity contribution >= 4 is 23.0 Å². The second-order valence-electron chi connectivity index (χ2n) is 12.8. The van der Waals surface area contributed by atoms with E-state index in [9.17, 15) is 19.1 Å². The van der Waals surface area contributed by atoms with Gasteiger partial charge in [-0.2, -0.15) is 10.2 Å². The molecular weight excluding hydrogens is 658 g/mol. The molecule has 5 aromatic rings. The summed E-state index contributed by atoms with van der Waals surface area (Å²) in [6.07, 6.45) is 5.86. The summed E-state index contributed by atoms with van der Waals surface area (Å²) in [5.74, 6) is -2.32. The van der Waals surface area contributed by atoms with Crippen molar-refractivity contribution in [2.24, 2.45) is 0 Å². The molecule has 1 saturated heterocycles. The zero-order chi connectivity index (χ0) is 36.3. The number of hydrogen-bond acceptors (Lipinski definition) is 9. The maximum absolute atomic E-state index is 15.0. The van der Waals surface area contributed by atoms with Crippen molar-refractivity contribution in [3.63, 3.8) is 0 Å². The van der Waals surface area contributed by atoms with E-state index >= 15 is 4.39 Å². The zero-order valence-corrected chi connectivity index (χ0v) is 28.8. The monoisotopic (exact) mass is 700 g/mol. The van der Waals surface area contributed by atoms with Gasteiger partial charge in [0.1, 0.15) is 36.2 Å². The lowest BCUT2D eigenvalue weighted by molar-refractivity contribution is -0.0186. The van der Waals surface area contributed by atoms with Crippen molar-refractivity contribution in [2.75, 3.05) is 41.7 Å². The highest BCUT2D eigenvalue weighted by Crippen LogP contribution is 2.31. The standard InChI is InChI=1S/C36H42F2N10O3/c1-4-26(5-2)48-35(50)47(23-42-48)28-9-7-27(8-10-28)44-14-16-45(17-15-44)29-11-13-33(39)30(19-29)34(49)43-24(3)36(51,20-46-22-40-21-41-46)31-12-6-25(37)18-32(31)38/h6-13,18-19,21-24,26,51H,4-5,14-17,20,39H2,1-3H3,(H,43,49)/t24-,36-/m1/s1. The van der Waals surface area contributed by atoms with Gasteiger partial charge in [-0.3, -0.25) is 4.79 Å². The average Bonchev–Trinajstić information content (AvgIpc) is 3.78. The molecule has 4 N–H and O–H groups in total. The number of benzene rings is 3. The van der Waals surface area contributed by atoms with Crippen LogP contribution in [0.3, 0.4) is 0 Å². The van der Waals surface area contributed by atoms with Crippen molar-refractivity contribution in [2.45, 2.75) is 57.8 Å². The summed E-state index contributed by atoms with van der Waals surface area (Å²) in [4.78, 5) is 34.9. The lowest BCUT2D eigenvalue weighted by Crippen LogP contribution is -2.52. The van der Waals surface area contributed by atoms with Gasteiger partial charge >= 0.3 is 5.69 Å². The van der Waals surface area contributed by atoms with Gasteiger partial charge in [-0.25, -0.2) is 32.5 Å². The number of aromatic nitrogens is 6. The van der Waals surface area contributed by atoms with Gasteiger partial charge in [-0.05, 0) is 68.3 Å². The van der Waals surface area contributed by atoms with Crippen molar-refractivity contribution in [3.05, 3.63) is 113 Å². The Hall–Kier alpha value is -5.57. The normalized spacial score (nSPS) is 15.2. The Bertz CT molecular complexity index is 2020. The Balaban J connectivity index is 1.13. The Morgan fingerprint density at radius 2 is 1.57 bits per heavy atom. The second-order valence-corrected chi connectivity index (χ2v) is 12.8. The summed E-state index contributed by atoms with van der Waals surface area (Å²) in [7, 11) is 0. The van der Waals surface area contributed by atoms with Crippen LogP contribution in [0.1, 0.15) is 55.6 Å². The molecule has 1 aliphatic rings. The fourth-order valence-corrected chi connectivity index (χ4v) is 6.61. The van der Waals surface area contributed by atoms with Crippen LogP contribution in [-0.4, -0.2) is 72.3 Å². The maximum atomic E-state index is 15.0. The summed E-state index contributed by atoms with van der Waals surface area (Å²) in [6, 6.07) is 15.0. The highest BCUT2D eigenvalue weighted by atomic mass is 19.1. The minimum atomic E-state index is -2.02. The number of hydrogen-bond donors (Lipinski definition) is 3. The number of nitrogens with one attached hydrogen (secondary N) is 1. The molecule has 6 rings (SSSR count).